The molecule has 2 atom stereocenters. The first kappa shape index (κ1) is 9.96. The van der Waals surface area contributed by atoms with Gasteiger partial charge in [0.05, 0.1) is 13.1 Å². The van der Waals surface area contributed by atoms with Gasteiger partial charge in [-0.3, -0.25) is 4.48 Å². The highest BCUT2D eigenvalue weighted by Gasteiger charge is 2.36. The van der Waals surface area contributed by atoms with Gasteiger partial charge in [-0.25, -0.2) is 0 Å². The largest absolute Gasteiger partial charge is 0.345 e. The van der Waals surface area contributed by atoms with Crippen molar-refractivity contribution in [2.24, 2.45) is 0 Å². The predicted molar refractivity (Wildman–Crippen MR) is 47.4 cm³/mol. The van der Waals surface area contributed by atoms with Gasteiger partial charge in [0.15, 0.2) is 13.0 Å². The van der Waals surface area contributed by atoms with Crippen LogP contribution < -0.4 is 0 Å². The lowest BCUT2D eigenvalue weighted by molar-refractivity contribution is -0.989. The Morgan fingerprint density at radius 3 is 2.75 bits per heavy atom. The van der Waals surface area contributed by atoms with Crippen LogP contribution in [0.25, 0.3) is 0 Å². The molecule has 1 aliphatic rings. The van der Waals surface area contributed by atoms with E-state index in [1.807, 2.05) is 0 Å². The summed E-state index contributed by atoms with van der Waals surface area (Å²) in [4.78, 5) is 0. The van der Waals surface area contributed by atoms with Crippen LogP contribution in [0.4, 0.5) is 0 Å². The highest BCUT2D eigenvalue weighted by Crippen LogP contribution is 2.23. The van der Waals surface area contributed by atoms with Crippen molar-refractivity contribution in [3.05, 3.63) is 0 Å². The monoisotopic (exact) mass is 174 g/mol. The number of ether oxygens (including phenoxy) is 1. The number of rotatable bonds is 3. The molecule has 0 bridgehead atoms. The van der Waals surface area contributed by atoms with Crippen LogP contribution in [0, 0.1) is 0 Å². The lowest BCUT2D eigenvalue weighted by Crippen LogP contribution is -2.58. The minimum absolute atomic E-state index is 0.205. The maximum Gasteiger partial charge on any atom is 0.192 e. The van der Waals surface area contributed by atoms with Gasteiger partial charge >= 0.3 is 0 Å². The van der Waals surface area contributed by atoms with E-state index in [-0.39, 0.29) is 6.23 Å². The van der Waals surface area contributed by atoms with Crippen molar-refractivity contribution in [1.29, 1.82) is 0 Å². The number of hydrogen-bond donors (Lipinski definition) is 1. The standard InChI is InChI=1S/C9H20NO2/c1-3-10(8-12-2)7-5-4-6-9(10)11/h9,11H,3-8H2,1-2H3/q+1. The van der Waals surface area contributed by atoms with Gasteiger partial charge in [-0.15, -0.1) is 0 Å². The maximum absolute atomic E-state index is 9.84. The van der Waals surface area contributed by atoms with E-state index >= 15 is 0 Å². The van der Waals surface area contributed by atoms with Gasteiger partial charge in [0.2, 0.25) is 0 Å². The second kappa shape index (κ2) is 4.21. The number of piperidine rings is 1. The van der Waals surface area contributed by atoms with Crippen LogP contribution in [-0.4, -0.2) is 42.7 Å². The highest BCUT2D eigenvalue weighted by molar-refractivity contribution is 4.55. The first-order valence-electron chi connectivity index (χ1n) is 4.78. The summed E-state index contributed by atoms with van der Waals surface area (Å²) in [6.07, 6.45) is 3.10. The minimum Gasteiger partial charge on any atom is -0.345 e. The van der Waals surface area contributed by atoms with Crippen molar-refractivity contribution >= 4 is 0 Å². The summed E-state index contributed by atoms with van der Waals surface area (Å²) in [5.41, 5.74) is 0. The quantitative estimate of drug-likeness (QED) is 0.645. The van der Waals surface area contributed by atoms with Crippen LogP contribution in [0.15, 0.2) is 0 Å². The molecule has 1 N–H and O–H groups in total. The number of hydrogen-bond acceptors (Lipinski definition) is 2. The molecule has 0 aromatic carbocycles. The molecule has 0 aromatic heterocycles. The van der Waals surface area contributed by atoms with E-state index in [0.717, 1.165) is 30.4 Å². The molecule has 0 aliphatic carbocycles. The number of aliphatic hydroxyl groups is 1. The molecule has 1 heterocycles. The summed E-state index contributed by atoms with van der Waals surface area (Å²) in [7, 11) is 1.71. The molecule has 3 heteroatoms. The Labute approximate surface area is 74.5 Å². The average molecular weight is 174 g/mol. The first-order chi connectivity index (χ1) is 5.75. The van der Waals surface area contributed by atoms with Crippen LogP contribution in [-0.2, 0) is 4.74 Å². The normalized spacial score (nSPS) is 36.8. The van der Waals surface area contributed by atoms with Gasteiger partial charge in [0.1, 0.15) is 0 Å². The van der Waals surface area contributed by atoms with E-state index < -0.39 is 0 Å². The van der Waals surface area contributed by atoms with Gasteiger partial charge < -0.3 is 9.84 Å². The number of aliphatic hydroxyl groups excluding tert-OH is 1. The summed E-state index contributed by atoms with van der Waals surface area (Å²) in [5.74, 6) is 0. The fourth-order valence-corrected chi connectivity index (χ4v) is 2.04. The van der Waals surface area contributed by atoms with E-state index in [4.69, 9.17) is 4.74 Å². The van der Waals surface area contributed by atoms with E-state index in [1.165, 1.54) is 6.42 Å². The third-order valence-corrected chi connectivity index (χ3v) is 2.96. The summed E-state index contributed by atoms with van der Waals surface area (Å²) < 4.78 is 5.89. The SMILES string of the molecule is CC[N+]1(COC)CCCCC1O. The molecule has 2 unspecified atom stereocenters. The molecule has 12 heavy (non-hydrogen) atoms. The summed E-state index contributed by atoms with van der Waals surface area (Å²) in [6, 6.07) is 0. The Balaban J connectivity index is 2.60. The van der Waals surface area contributed by atoms with Gasteiger partial charge in [0.25, 0.3) is 0 Å². The topological polar surface area (TPSA) is 29.5 Å². The second-order valence-electron chi connectivity index (χ2n) is 3.65. The molecule has 1 aliphatic heterocycles. The number of methoxy groups -OCH3 is 1. The van der Waals surface area contributed by atoms with Crippen LogP contribution >= 0.6 is 0 Å². The summed E-state index contributed by atoms with van der Waals surface area (Å²) in [6.45, 7) is 4.80. The Morgan fingerprint density at radius 2 is 2.25 bits per heavy atom. The molecule has 72 valence electrons. The first-order valence-corrected chi connectivity index (χ1v) is 4.78. The Bertz CT molecular complexity index is 136. The zero-order chi connectivity index (χ0) is 9.03. The molecule has 0 saturated carbocycles. The maximum atomic E-state index is 9.84. The average Bonchev–Trinajstić information content (AvgIpc) is 2.10. The highest BCUT2D eigenvalue weighted by atomic mass is 16.5. The smallest absolute Gasteiger partial charge is 0.192 e. The summed E-state index contributed by atoms with van der Waals surface area (Å²) in [5, 5.41) is 9.84. The Hall–Kier alpha value is -0.120. The van der Waals surface area contributed by atoms with Crippen molar-refractivity contribution in [1.82, 2.24) is 0 Å². The number of nitrogens with zero attached hydrogens (tertiary/aromatic N) is 1. The van der Waals surface area contributed by atoms with Crippen molar-refractivity contribution < 1.29 is 14.3 Å². The number of likely N-dealkylation sites (tertiary alicyclic amines) is 1. The van der Waals surface area contributed by atoms with E-state index in [2.05, 4.69) is 6.92 Å². The molecule has 3 nitrogen and oxygen atoms in total. The van der Waals surface area contributed by atoms with E-state index in [1.54, 1.807) is 7.11 Å². The van der Waals surface area contributed by atoms with Crippen molar-refractivity contribution in [2.75, 3.05) is 26.9 Å². The third-order valence-electron chi connectivity index (χ3n) is 2.96. The van der Waals surface area contributed by atoms with Crippen LogP contribution in [0.2, 0.25) is 0 Å². The minimum atomic E-state index is -0.205. The molecule has 0 aromatic rings. The third kappa shape index (κ3) is 1.79. The van der Waals surface area contributed by atoms with Crippen LogP contribution in [0.5, 0.6) is 0 Å². The zero-order valence-electron chi connectivity index (χ0n) is 8.12. The lowest BCUT2D eigenvalue weighted by Gasteiger charge is -2.43. The van der Waals surface area contributed by atoms with Crippen molar-refractivity contribution in [2.45, 2.75) is 32.4 Å². The Morgan fingerprint density at radius 1 is 1.50 bits per heavy atom. The van der Waals surface area contributed by atoms with E-state index in [9.17, 15) is 5.11 Å². The predicted octanol–water partition coefficient (Wildman–Crippen LogP) is 0.929. The molecule has 1 fully saturated rings. The molecular weight excluding hydrogens is 154 g/mol. The van der Waals surface area contributed by atoms with Gasteiger partial charge in [-0.2, -0.15) is 0 Å². The summed E-state index contributed by atoms with van der Waals surface area (Å²) >= 11 is 0. The van der Waals surface area contributed by atoms with Crippen LogP contribution in [0.3, 0.4) is 0 Å². The van der Waals surface area contributed by atoms with Gasteiger partial charge in [-0.05, 0) is 19.8 Å². The van der Waals surface area contributed by atoms with Crippen LogP contribution in [0.1, 0.15) is 26.2 Å². The van der Waals surface area contributed by atoms with Crippen molar-refractivity contribution in [3.8, 4) is 0 Å². The van der Waals surface area contributed by atoms with Crippen molar-refractivity contribution in [3.63, 3.8) is 0 Å². The second-order valence-corrected chi connectivity index (χ2v) is 3.65. The zero-order valence-corrected chi connectivity index (χ0v) is 8.12. The molecule has 0 amide bonds. The fraction of sp³-hybridized carbons (Fsp3) is 1.00. The van der Waals surface area contributed by atoms with Gasteiger partial charge in [-0.1, -0.05) is 0 Å². The van der Waals surface area contributed by atoms with Gasteiger partial charge in [0, 0.05) is 13.5 Å². The molecule has 1 rings (SSSR count). The molecular formula is C9H20NO2+. The van der Waals surface area contributed by atoms with E-state index in [0.29, 0.717) is 6.73 Å². The fourth-order valence-electron chi connectivity index (χ4n) is 2.04. The molecule has 0 radical (unpaired) electrons. The Kier molecular flexibility index (Phi) is 3.50. The number of quaternary nitrogens is 1. The lowest BCUT2D eigenvalue weighted by atomic mass is 10.1. The molecule has 1 saturated heterocycles. The molecule has 0 spiro atoms.